The lowest BCUT2D eigenvalue weighted by Gasteiger charge is -2.28. The minimum absolute atomic E-state index is 0.0684. The van der Waals surface area contributed by atoms with E-state index in [1.807, 2.05) is 78.1 Å². The van der Waals surface area contributed by atoms with Crippen LogP contribution in [0.3, 0.4) is 0 Å². The number of aliphatic hydroxyl groups is 4. The molecule has 109 heavy (non-hydrogen) atoms. The number of aliphatic carboxylic acids is 1. The summed E-state index contributed by atoms with van der Waals surface area (Å²) < 4.78 is 0. The molecule has 12 rings (SSSR count). The Hall–Kier alpha value is -12.9. The van der Waals surface area contributed by atoms with Crippen molar-refractivity contribution < 1.29 is 73.5 Å². The number of hydrogen-bond donors (Lipinski definition) is 21. The van der Waals surface area contributed by atoms with Crippen molar-refractivity contribution in [3.05, 3.63) is 216 Å². The Kier molecular flexibility index (Phi) is 24.0. The zero-order valence-electron chi connectivity index (χ0n) is 58.6. The molecule has 0 aliphatic carbocycles. The number of carbonyl (C=O) groups excluding carboxylic acids is 9. The Morgan fingerprint density at radius 3 is 0.642 bits per heavy atom. The minimum Gasteiger partial charge on any atom is -0.480 e. The zero-order valence-corrected chi connectivity index (χ0v) is 58.6. The van der Waals surface area contributed by atoms with E-state index in [9.17, 15) is 49.5 Å². The van der Waals surface area contributed by atoms with Crippen molar-refractivity contribution in [1.29, 1.82) is 0 Å². The van der Waals surface area contributed by atoms with Crippen LogP contribution in [0, 0.1) is 0 Å². The second-order valence-electron chi connectivity index (χ2n) is 26.6. The normalized spacial score (nSPS) is 14.3. The van der Waals surface area contributed by atoms with Crippen LogP contribution in [0.4, 0.5) is 0 Å². The Balaban J connectivity index is 0.824. The minimum atomic E-state index is -1.88. The monoisotopic (exact) mass is 1480 g/mol. The summed E-state index contributed by atoms with van der Waals surface area (Å²) in [6.07, 6.45) is 9.04. The standard InChI is InChI=1S/C78H82N16O15/c79-53(25-41-31-80-54-19-7-1-13-47(41)54)69(99)86-60(26-42-32-81-55-20-8-2-14-48(42)55)70(100)87-61(27-43-33-82-56-21-9-3-15-49(43)56)71(101)88-63(29-45-35-84-58-23-11-5-17-51(45)58)73(103)91-65(37-95)75(105)90-62(28-44-34-83-57-22-10-4-16-50(44)57)72(102)89-64(30-46-36-85-59-24-12-6-18-52(46)59)74(104)92-66(38-96)76(106)93-67(39-97)77(107)94-68(40-98)78(108)109/h1-24,31-36,53,60-68,80-85,95-98H,25-30,37-40,79H2,(H,86,99)(H,87,100)(H,88,101)(H,89,102)(H,90,105)(H,91,103)(H,92,104)(H,93,106)(H,94,107)(H,108,109)/t53-,60-,61-,62-,63-,64-,65-,66-,67-,68-/m0/s1. The molecule has 0 bridgehead atoms. The van der Waals surface area contributed by atoms with E-state index in [0.29, 0.717) is 71.4 Å². The Morgan fingerprint density at radius 2 is 0.431 bits per heavy atom. The molecule has 31 heteroatoms. The van der Waals surface area contributed by atoms with Gasteiger partial charge in [0, 0.05) is 135 Å². The molecule has 0 aliphatic rings. The molecule has 564 valence electrons. The van der Waals surface area contributed by atoms with Crippen LogP contribution in [-0.2, 0) is 86.5 Å². The third-order valence-corrected chi connectivity index (χ3v) is 19.4. The highest BCUT2D eigenvalue weighted by molar-refractivity contribution is 6.01. The summed E-state index contributed by atoms with van der Waals surface area (Å²) in [4.78, 5) is 163. The van der Waals surface area contributed by atoms with Crippen molar-refractivity contribution in [2.45, 2.75) is 98.9 Å². The zero-order chi connectivity index (χ0) is 76.8. The molecular weight excluding hydrogens is 1400 g/mol. The first-order valence-corrected chi connectivity index (χ1v) is 35.2. The number of benzene rings is 6. The summed E-state index contributed by atoms with van der Waals surface area (Å²) >= 11 is 0. The number of fused-ring (bicyclic) bond motifs is 6. The molecule has 0 saturated carbocycles. The van der Waals surface area contributed by atoms with Crippen molar-refractivity contribution in [3.8, 4) is 0 Å². The highest BCUT2D eigenvalue weighted by Gasteiger charge is 2.38. The molecule has 6 aromatic heterocycles. The van der Waals surface area contributed by atoms with Crippen LogP contribution in [0.25, 0.3) is 65.4 Å². The van der Waals surface area contributed by atoms with Crippen LogP contribution in [0.1, 0.15) is 33.4 Å². The second kappa shape index (κ2) is 34.5. The molecule has 0 radical (unpaired) electrons. The third-order valence-electron chi connectivity index (χ3n) is 19.4. The number of hydrogen-bond acceptors (Lipinski definition) is 15. The summed E-state index contributed by atoms with van der Waals surface area (Å²) in [7, 11) is 0. The fourth-order valence-corrected chi connectivity index (χ4v) is 13.5. The lowest BCUT2D eigenvalue weighted by molar-refractivity contribution is -0.143. The number of carboxylic acid groups (broad SMARTS) is 1. The summed E-state index contributed by atoms with van der Waals surface area (Å²) in [6.45, 7) is -4.33. The van der Waals surface area contributed by atoms with Crippen molar-refractivity contribution in [1.82, 2.24) is 77.8 Å². The molecule has 0 fully saturated rings. The quantitative estimate of drug-likeness (QED) is 0.0264. The number of nitrogens with one attached hydrogen (secondary N) is 15. The number of amides is 9. The van der Waals surface area contributed by atoms with Gasteiger partial charge in [0.25, 0.3) is 0 Å². The van der Waals surface area contributed by atoms with E-state index >= 15 is 24.0 Å². The number of carboxylic acids is 1. The van der Waals surface area contributed by atoms with Gasteiger partial charge in [-0.25, -0.2) is 4.79 Å². The van der Waals surface area contributed by atoms with Gasteiger partial charge in [0.15, 0.2) is 0 Å². The van der Waals surface area contributed by atoms with E-state index in [0.717, 1.165) is 27.4 Å². The SMILES string of the molecule is N[C@@H](Cc1c[nH]c2ccccc12)C(=O)N[C@@H](Cc1c[nH]c2ccccc12)C(=O)N[C@@H](Cc1c[nH]c2ccccc12)C(=O)N[C@@H](Cc1c[nH]c2ccccc12)C(=O)N[C@@H](CO)C(=O)N[C@@H](Cc1c[nH]c2ccccc12)C(=O)N[C@@H](Cc1c[nH]c2ccccc12)C(=O)N[C@@H](CO)C(=O)N[C@@H](CO)C(=O)N[C@@H](CO)C(=O)O. The Labute approximate surface area is 620 Å². The fraction of sp³-hybridized carbons (Fsp3) is 0.256. The molecule has 0 unspecified atom stereocenters. The number of carbonyl (C=O) groups is 10. The Morgan fingerprint density at radius 1 is 0.257 bits per heavy atom. The van der Waals surface area contributed by atoms with E-state index in [1.54, 1.807) is 110 Å². The van der Waals surface area contributed by atoms with Crippen LogP contribution in [0.5, 0.6) is 0 Å². The largest absolute Gasteiger partial charge is 0.480 e. The molecule has 6 aromatic carbocycles. The number of H-pyrrole nitrogens is 6. The van der Waals surface area contributed by atoms with Gasteiger partial charge in [0.05, 0.1) is 32.5 Å². The highest BCUT2D eigenvalue weighted by atomic mass is 16.4. The molecule has 9 amide bonds. The van der Waals surface area contributed by atoms with E-state index < -0.39 is 146 Å². The summed E-state index contributed by atoms with van der Waals surface area (Å²) in [5, 5.41) is 78.0. The Bertz CT molecular complexity index is 5320. The van der Waals surface area contributed by atoms with Crippen LogP contribution in [0.2, 0.25) is 0 Å². The first-order valence-electron chi connectivity index (χ1n) is 35.2. The number of rotatable bonds is 35. The highest BCUT2D eigenvalue weighted by Crippen LogP contribution is 2.26. The lowest BCUT2D eigenvalue weighted by Crippen LogP contribution is -2.62. The van der Waals surface area contributed by atoms with Crippen molar-refractivity contribution >= 4 is 125 Å². The first-order chi connectivity index (χ1) is 52.8. The van der Waals surface area contributed by atoms with Gasteiger partial charge in [-0.2, -0.15) is 0 Å². The molecular formula is C78H82N16O15. The smallest absolute Gasteiger partial charge is 0.328 e. The first kappa shape index (κ1) is 75.7. The maximum absolute atomic E-state index is 15.6. The molecule has 6 heterocycles. The maximum atomic E-state index is 15.6. The topological polar surface area (TPSA) is 501 Å². The van der Waals surface area contributed by atoms with Gasteiger partial charge in [-0.3, -0.25) is 43.2 Å². The molecule has 12 aromatic rings. The van der Waals surface area contributed by atoms with Crippen molar-refractivity contribution in [2.75, 3.05) is 26.4 Å². The predicted molar refractivity (Wildman–Crippen MR) is 403 cm³/mol. The number of aromatic amines is 6. The average molecular weight is 1480 g/mol. The van der Waals surface area contributed by atoms with E-state index in [2.05, 4.69) is 72.4 Å². The van der Waals surface area contributed by atoms with Gasteiger partial charge in [0.1, 0.15) is 54.4 Å². The van der Waals surface area contributed by atoms with Crippen LogP contribution < -0.4 is 53.6 Å². The fourth-order valence-electron chi connectivity index (χ4n) is 13.5. The molecule has 22 N–H and O–H groups in total. The van der Waals surface area contributed by atoms with E-state index in [1.165, 1.54) is 0 Å². The molecule has 31 nitrogen and oxygen atoms in total. The second-order valence-corrected chi connectivity index (χ2v) is 26.6. The predicted octanol–water partition coefficient (Wildman–Crippen LogP) is 1.07. The van der Waals surface area contributed by atoms with Gasteiger partial charge in [0.2, 0.25) is 53.2 Å². The summed E-state index contributed by atoms with van der Waals surface area (Å²) in [5.74, 6) is -10.6. The number of nitrogens with two attached hydrogens (primary N) is 1. The van der Waals surface area contributed by atoms with E-state index in [-0.39, 0.29) is 38.5 Å². The number of para-hydroxylation sites is 6. The summed E-state index contributed by atoms with van der Waals surface area (Å²) in [6, 6.07) is 27.2. The lowest BCUT2D eigenvalue weighted by atomic mass is 9.99. The third kappa shape index (κ3) is 17.8. The van der Waals surface area contributed by atoms with Gasteiger partial charge >= 0.3 is 5.97 Å². The van der Waals surface area contributed by atoms with Gasteiger partial charge in [-0.15, -0.1) is 0 Å². The van der Waals surface area contributed by atoms with Crippen LogP contribution in [0.15, 0.2) is 183 Å². The van der Waals surface area contributed by atoms with E-state index in [4.69, 9.17) is 5.73 Å². The van der Waals surface area contributed by atoms with Crippen molar-refractivity contribution in [2.24, 2.45) is 5.73 Å². The van der Waals surface area contributed by atoms with Gasteiger partial charge in [-0.05, 0) is 76.2 Å². The number of aliphatic hydroxyl groups excluding tert-OH is 4. The maximum Gasteiger partial charge on any atom is 0.328 e. The van der Waals surface area contributed by atoms with Crippen LogP contribution >= 0.6 is 0 Å². The molecule has 0 saturated heterocycles. The van der Waals surface area contributed by atoms with Gasteiger partial charge < -0.3 is 109 Å². The van der Waals surface area contributed by atoms with Crippen LogP contribution in [-0.4, -0.2) is 201 Å². The molecule has 0 spiro atoms. The molecule has 0 aliphatic heterocycles. The summed E-state index contributed by atoms with van der Waals surface area (Å²) in [5.41, 5.74) is 14.5. The number of aromatic nitrogens is 6. The average Bonchev–Trinajstić information content (AvgIpc) is 1.73. The molecule has 10 atom stereocenters. The van der Waals surface area contributed by atoms with Gasteiger partial charge in [-0.1, -0.05) is 109 Å². The van der Waals surface area contributed by atoms with Crippen molar-refractivity contribution in [3.63, 3.8) is 0 Å².